The molecule has 0 amide bonds. The van der Waals surface area contributed by atoms with Crippen LogP contribution in [0.25, 0.3) is 74.4 Å². The van der Waals surface area contributed by atoms with Gasteiger partial charge in [-0.2, -0.15) is 0 Å². The van der Waals surface area contributed by atoms with E-state index in [1.165, 1.54) is 85.5 Å². The second-order valence-electron chi connectivity index (χ2n) is 10.9. The van der Waals surface area contributed by atoms with Gasteiger partial charge in [0, 0.05) is 25.6 Å². The lowest BCUT2D eigenvalue weighted by molar-refractivity contribution is 0.661. The molecule has 0 fully saturated rings. The van der Waals surface area contributed by atoms with Gasteiger partial charge in [0.05, 0.1) is 0 Å². The first-order chi connectivity index (χ1) is 17.6. The molecule has 0 saturated carbocycles. The Labute approximate surface area is 212 Å². The molecule has 0 spiro atoms. The van der Waals surface area contributed by atoms with E-state index < -0.39 is 0 Å². The van der Waals surface area contributed by atoms with Crippen LogP contribution >= 0.6 is 11.3 Å². The normalized spacial score (nSPS) is 14.6. The smallest absolute Gasteiger partial charge is 0.0368 e. The molecule has 9 rings (SSSR count). The monoisotopic (exact) mass is 474 g/mol. The molecular weight excluding hydrogens is 452 g/mol. The molecule has 0 atom stereocenters. The molecule has 1 heterocycles. The second-order valence-corrected chi connectivity index (χ2v) is 12.0. The molecule has 168 valence electrons. The minimum Gasteiger partial charge on any atom is -0.135 e. The predicted molar refractivity (Wildman–Crippen MR) is 158 cm³/mol. The average Bonchev–Trinajstić information content (AvgIpc) is 3.39. The van der Waals surface area contributed by atoms with Crippen molar-refractivity contribution < 1.29 is 0 Å². The average molecular weight is 475 g/mol. The molecule has 0 bridgehead atoms. The van der Waals surface area contributed by atoms with Gasteiger partial charge in [0.25, 0.3) is 0 Å². The summed E-state index contributed by atoms with van der Waals surface area (Å²) in [5, 5.41) is 13.9. The molecule has 1 aromatic heterocycles. The molecule has 0 N–H and O–H groups in total. The zero-order valence-electron chi connectivity index (χ0n) is 20.1. The third kappa shape index (κ3) is 2.10. The number of rotatable bonds is 0. The summed E-state index contributed by atoms with van der Waals surface area (Å²) in [7, 11) is 0. The van der Waals surface area contributed by atoms with Crippen molar-refractivity contribution in [1.29, 1.82) is 0 Å². The molecule has 0 unspecified atom stereocenters. The summed E-state index contributed by atoms with van der Waals surface area (Å²) in [5.41, 5.74) is 5.68. The van der Waals surface area contributed by atoms with Gasteiger partial charge in [-0.3, -0.25) is 0 Å². The lowest BCUT2D eigenvalue weighted by Crippen LogP contribution is -2.14. The Morgan fingerprint density at radius 3 is 1.97 bits per heavy atom. The minimum absolute atomic E-state index is 0.0234. The fourth-order valence-corrected chi connectivity index (χ4v) is 8.39. The van der Waals surface area contributed by atoms with Crippen molar-refractivity contribution in [3.8, 4) is 11.1 Å². The van der Waals surface area contributed by atoms with Crippen molar-refractivity contribution in [2.45, 2.75) is 19.3 Å². The van der Waals surface area contributed by atoms with Gasteiger partial charge in [-0.25, -0.2) is 0 Å². The third-order valence-corrected chi connectivity index (χ3v) is 9.90. The first kappa shape index (κ1) is 19.3. The van der Waals surface area contributed by atoms with Crippen LogP contribution in [0, 0.1) is 0 Å². The molecule has 0 radical (unpaired) electrons. The highest BCUT2D eigenvalue weighted by Gasteiger charge is 2.37. The van der Waals surface area contributed by atoms with E-state index in [1.807, 2.05) is 11.3 Å². The number of hydrogen-bond acceptors (Lipinski definition) is 1. The first-order valence-electron chi connectivity index (χ1n) is 12.7. The Hall–Kier alpha value is -3.94. The highest BCUT2D eigenvalue weighted by atomic mass is 32.1. The third-order valence-electron chi connectivity index (χ3n) is 8.79. The Morgan fingerprint density at radius 2 is 1.11 bits per heavy atom. The molecule has 1 aliphatic carbocycles. The summed E-state index contributed by atoms with van der Waals surface area (Å²) in [4.78, 5) is 0. The Bertz CT molecular complexity index is 2220. The summed E-state index contributed by atoms with van der Waals surface area (Å²) >= 11 is 1.92. The maximum atomic E-state index is 2.53. The molecule has 0 nitrogen and oxygen atoms in total. The topological polar surface area (TPSA) is 0 Å². The van der Waals surface area contributed by atoms with E-state index in [4.69, 9.17) is 0 Å². The van der Waals surface area contributed by atoms with Crippen LogP contribution in [0.15, 0.2) is 97.1 Å². The van der Waals surface area contributed by atoms with E-state index in [9.17, 15) is 0 Å². The fraction of sp³-hybridized carbons (Fsp3) is 0.0857. The molecular formula is C35H22S. The van der Waals surface area contributed by atoms with Crippen molar-refractivity contribution in [3.05, 3.63) is 108 Å². The van der Waals surface area contributed by atoms with Crippen LogP contribution in [0.3, 0.4) is 0 Å². The van der Waals surface area contributed by atoms with Gasteiger partial charge in [0.2, 0.25) is 0 Å². The number of thiophene rings is 1. The summed E-state index contributed by atoms with van der Waals surface area (Å²) in [6.07, 6.45) is 0. The second kappa shape index (κ2) is 6.24. The van der Waals surface area contributed by atoms with Gasteiger partial charge in [-0.1, -0.05) is 92.7 Å². The quantitative estimate of drug-likeness (QED) is 0.151. The lowest BCUT2D eigenvalue weighted by atomic mass is 9.80. The standard InChI is InChI=1S/C35H22S/c1-35(2)27-15-5-3-9-21(27)33-23-13-7-11-19-20-12-8-14-24-32(20)26(25(31(19)23)17-28(33)35)18-30-34(24)22-10-4-6-16-29(22)36-30/h3-18H,1-2H3. The van der Waals surface area contributed by atoms with E-state index >= 15 is 0 Å². The molecule has 36 heavy (non-hydrogen) atoms. The van der Waals surface area contributed by atoms with Crippen molar-refractivity contribution in [1.82, 2.24) is 0 Å². The minimum atomic E-state index is -0.0234. The maximum absolute atomic E-state index is 2.53. The van der Waals surface area contributed by atoms with Crippen molar-refractivity contribution in [2.75, 3.05) is 0 Å². The lowest BCUT2D eigenvalue weighted by Gasteiger charge is -2.23. The largest absolute Gasteiger partial charge is 0.135 e. The molecule has 0 aliphatic heterocycles. The summed E-state index contributed by atoms with van der Waals surface area (Å²) < 4.78 is 2.75. The highest BCUT2D eigenvalue weighted by Crippen LogP contribution is 2.55. The van der Waals surface area contributed by atoms with Crippen LogP contribution in [-0.4, -0.2) is 0 Å². The van der Waals surface area contributed by atoms with Crippen LogP contribution in [0.2, 0.25) is 0 Å². The zero-order chi connectivity index (χ0) is 23.8. The van der Waals surface area contributed by atoms with Gasteiger partial charge >= 0.3 is 0 Å². The molecule has 1 aliphatic rings. The van der Waals surface area contributed by atoms with E-state index in [-0.39, 0.29) is 5.41 Å². The SMILES string of the molecule is CC1(C)c2ccccc2-c2c1cc1c3cc4sc5ccccc5c4c4cccc(c5cccc2c51)c34. The maximum Gasteiger partial charge on any atom is 0.0368 e. The number of fused-ring (bicyclic) bond motifs is 10. The Morgan fingerprint density at radius 1 is 0.472 bits per heavy atom. The van der Waals surface area contributed by atoms with Crippen molar-refractivity contribution >= 4 is 74.6 Å². The molecule has 7 aromatic carbocycles. The highest BCUT2D eigenvalue weighted by molar-refractivity contribution is 7.26. The summed E-state index contributed by atoms with van der Waals surface area (Å²) in [6.45, 7) is 4.78. The van der Waals surface area contributed by atoms with Gasteiger partial charge in [-0.15, -0.1) is 11.3 Å². The van der Waals surface area contributed by atoms with Crippen LogP contribution < -0.4 is 0 Å². The molecule has 0 saturated heterocycles. The molecule has 1 heteroatoms. The zero-order valence-corrected chi connectivity index (χ0v) is 21.0. The van der Waals surface area contributed by atoms with Gasteiger partial charge in [0.1, 0.15) is 0 Å². The Kier molecular flexibility index (Phi) is 3.34. The molecule has 8 aromatic rings. The van der Waals surface area contributed by atoms with E-state index in [2.05, 4.69) is 111 Å². The van der Waals surface area contributed by atoms with Crippen LogP contribution in [0.5, 0.6) is 0 Å². The van der Waals surface area contributed by atoms with Gasteiger partial charge in [0.15, 0.2) is 0 Å². The van der Waals surface area contributed by atoms with E-state index in [0.717, 1.165) is 0 Å². The summed E-state index contributed by atoms with van der Waals surface area (Å²) in [6, 6.07) is 36.8. The van der Waals surface area contributed by atoms with Crippen LogP contribution in [0.4, 0.5) is 0 Å². The van der Waals surface area contributed by atoms with Crippen LogP contribution in [0.1, 0.15) is 25.0 Å². The van der Waals surface area contributed by atoms with E-state index in [0.29, 0.717) is 0 Å². The van der Waals surface area contributed by atoms with E-state index in [1.54, 1.807) is 0 Å². The fourth-order valence-electron chi connectivity index (χ4n) is 7.23. The number of benzene rings is 7. The Balaban J connectivity index is 1.60. The van der Waals surface area contributed by atoms with Crippen molar-refractivity contribution in [3.63, 3.8) is 0 Å². The predicted octanol–water partition coefficient (Wildman–Crippen LogP) is 10.4. The number of hydrogen-bond donors (Lipinski definition) is 0. The van der Waals surface area contributed by atoms with Gasteiger partial charge < -0.3 is 0 Å². The van der Waals surface area contributed by atoms with Crippen LogP contribution in [-0.2, 0) is 5.41 Å². The van der Waals surface area contributed by atoms with Gasteiger partial charge in [-0.05, 0) is 83.5 Å². The van der Waals surface area contributed by atoms with Crippen molar-refractivity contribution in [2.24, 2.45) is 0 Å². The first-order valence-corrected chi connectivity index (χ1v) is 13.5. The summed E-state index contributed by atoms with van der Waals surface area (Å²) in [5.74, 6) is 0.